The van der Waals surface area contributed by atoms with Gasteiger partial charge in [0.2, 0.25) is 12.5 Å². The van der Waals surface area contributed by atoms with Crippen molar-refractivity contribution in [3.05, 3.63) is 107 Å². The molecule has 11 heteroatoms. The molecule has 2 aliphatic rings. The maximum absolute atomic E-state index is 13.2. The van der Waals surface area contributed by atoms with Gasteiger partial charge >= 0.3 is 11.9 Å². The van der Waals surface area contributed by atoms with Gasteiger partial charge in [-0.05, 0) is 68.3 Å². The summed E-state index contributed by atoms with van der Waals surface area (Å²) < 4.78 is 45.4. The van der Waals surface area contributed by atoms with E-state index in [0.29, 0.717) is 23.5 Å². The minimum atomic E-state index is -2.28. The number of hydrogen-bond acceptors (Lipinski definition) is 11. The monoisotopic (exact) mass is 632 g/mol. The summed E-state index contributed by atoms with van der Waals surface area (Å²) in [5, 5.41) is 12.5. The molecule has 0 aliphatic carbocycles. The SMILES string of the molecule is CCOC(=O)COc1cc(C(C2=COCO2)(C2=CC(=O)OC2(O)c2ccc(OCC)cc2)c2ccc(C)cc2)cc(OC)c1OC. The van der Waals surface area contributed by atoms with E-state index in [4.69, 9.17) is 37.9 Å². The largest absolute Gasteiger partial charge is 0.494 e. The number of methoxy groups -OCH3 is 2. The second-order valence-corrected chi connectivity index (χ2v) is 10.4. The van der Waals surface area contributed by atoms with Crippen LogP contribution in [0.4, 0.5) is 0 Å². The highest BCUT2D eigenvalue weighted by atomic mass is 16.7. The van der Waals surface area contributed by atoms with E-state index in [0.717, 1.165) is 5.56 Å². The Morgan fingerprint density at radius 2 is 1.65 bits per heavy atom. The molecule has 11 nitrogen and oxygen atoms in total. The van der Waals surface area contributed by atoms with E-state index in [-0.39, 0.29) is 47.5 Å². The van der Waals surface area contributed by atoms with Gasteiger partial charge in [-0.2, -0.15) is 0 Å². The van der Waals surface area contributed by atoms with Gasteiger partial charge in [-0.15, -0.1) is 0 Å². The van der Waals surface area contributed by atoms with Crippen LogP contribution in [0, 0.1) is 6.92 Å². The highest BCUT2D eigenvalue weighted by molar-refractivity contribution is 5.89. The van der Waals surface area contributed by atoms with Crippen molar-refractivity contribution in [2.45, 2.75) is 32.0 Å². The van der Waals surface area contributed by atoms with Crippen LogP contribution in [0.2, 0.25) is 0 Å². The lowest BCUT2D eigenvalue weighted by molar-refractivity contribution is -0.187. The number of cyclic esters (lactones) is 1. The molecule has 1 N–H and O–H groups in total. The van der Waals surface area contributed by atoms with Gasteiger partial charge in [0.1, 0.15) is 17.4 Å². The van der Waals surface area contributed by atoms with E-state index in [1.807, 2.05) is 38.1 Å². The second-order valence-electron chi connectivity index (χ2n) is 10.4. The Bertz CT molecular complexity index is 1640. The van der Waals surface area contributed by atoms with Gasteiger partial charge in [0.05, 0.1) is 27.4 Å². The Balaban J connectivity index is 1.82. The van der Waals surface area contributed by atoms with Gasteiger partial charge in [-0.3, -0.25) is 0 Å². The molecule has 2 unspecified atom stereocenters. The van der Waals surface area contributed by atoms with Crippen molar-refractivity contribution in [1.82, 2.24) is 0 Å². The highest BCUT2D eigenvalue weighted by Gasteiger charge is 2.58. The van der Waals surface area contributed by atoms with Crippen LogP contribution in [0.5, 0.6) is 23.0 Å². The quantitative estimate of drug-likeness (QED) is 0.261. The summed E-state index contributed by atoms with van der Waals surface area (Å²) in [6.07, 6.45) is 2.67. The molecule has 0 saturated heterocycles. The topological polar surface area (TPSA) is 128 Å². The molecule has 0 spiro atoms. The summed E-state index contributed by atoms with van der Waals surface area (Å²) in [6, 6.07) is 17.4. The average Bonchev–Trinajstić information content (AvgIpc) is 3.70. The molecule has 242 valence electrons. The molecular formula is C35H36O11. The fourth-order valence-electron chi connectivity index (χ4n) is 5.70. The maximum atomic E-state index is 13.2. The first kappa shape index (κ1) is 32.2. The number of aryl methyl sites for hydroxylation is 1. The number of esters is 2. The number of benzene rings is 3. The first-order valence-electron chi connectivity index (χ1n) is 14.7. The van der Waals surface area contributed by atoms with E-state index < -0.39 is 29.7 Å². The van der Waals surface area contributed by atoms with Crippen molar-refractivity contribution in [1.29, 1.82) is 0 Å². The number of carbonyl (C=O) groups excluding carboxylic acids is 2. The Kier molecular flexibility index (Phi) is 9.43. The first-order chi connectivity index (χ1) is 22.2. The summed E-state index contributed by atoms with van der Waals surface area (Å²) >= 11 is 0. The van der Waals surface area contributed by atoms with Crippen molar-refractivity contribution in [2.75, 3.05) is 40.8 Å². The average molecular weight is 633 g/mol. The van der Waals surface area contributed by atoms with Gasteiger partial charge in [-0.25, -0.2) is 9.59 Å². The number of rotatable bonds is 13. The summed E-state index contributed by atoms with van der Waals surface area (Å²) in [5.74, 6) is -2.24. The molecule has 0 fully saturated rings. The number of hydrogen-bond donors (Lipinski definition) is 1. The van der Waals surface area contributed by atoms with Crippen molar-refractivity contribution in [2.24, 2.45) is 0 Å². The Morgan fingerprint density at radius 1 is 0.935 bits per heavy atom. The predicted octanol–water partition coefficient (Wildman–Crippen LogP) is 4.81. The number of allylic oxidation sites excluding steroid dienone is 1. The summed E-state index contributed by atoms with van der Waals surface area (Å²) in [6.45, 7) is 5.59. The van der Waals surface area contributed by atoms with Crippen LogP contribution in [-0.2, 0) is 39.7 Å². The van der Waals surface area contributed by atoms with Crippen LogP contribution in [0.25, 0.3) is 0 Å². The smallest absolute Gasteiger partial charge is 0.344 e. The van der Waals surface area contributed by atoms with Crippen molar-refractivity contribution in [3.63, 3.8) is 0 Å². The minimum absolute atomic E-state index is 0.110. The van der Waals surface area contributed by atoms with Crippen LogP contribution in [0.1, 0.15) is 36.1 Å². The third kappa shape index (κ3) is 5.81. The number of ether oxygens (including phenoxy) is 8. The molecule has 0 amide bonds. The van der Waals surface area contributed by atoms with Gasteiger partial charge in [0, 0.05) is 17.2 Å². The second kappa shape index (κ2) is 13.5. The van der Waals surface area contributed by atoms with Crippen molar-refractivity contribution < 1.29 is 52.6 Å². The molecule has 0 aromatic heterocycles. The zero-order valence-corrected chi connectivity index (χ0v) is 26.3. The molecule has 2 aliphatic heterocycles. The molecule has 0 radical (unpaired) electrons. The Labute approximate surface area is 266 Å². The summed E-state index contributed by atoms with van der Waals surface area (Å²) in [4.78, 5) is 25.5. The Hall–Kier alpha value is -5.16. The van der Waals surface area contributed by atoms with E-state index in [2.05, 4.69) is 0 Å². The zero-order valence-electron chi connectivity index (χ0n) is 26.3. The van der Waals surface area contributed by atoms with E-state index in [1.165, 1.54) is 26.6 Å². The molecule has 3 aromatic rings. The molecule has 46 heavy (non-hydrogen) atoms. The van der Waals surface area contributed by atoms with Gasteiger partial charge in [0.25, 0.3) is 5.79 Å². The zero-order chi connectivity index (χ0) is 32.9. The lowest BCUT2D eigenvalue weighted by Gasteiger charge is -2.41. The van der Waals surface area contributed by atoms with Crippen molar-refractivity contribution in [3.8, 4) is 23.0 Å². The first-order valence-corrected chi connectivity index (χ1v) is 14.7. The lowest BCUT2D eigenvalue weighted by atomic mass is 9.64. The van der Waals surface area contributed by atoms with Crippen LogP contribution in [0.15, 0.2) is 84.3 Å². The fraction of sp³-hybridized carbons (Fsp3) is 0.314. The van der Waals surface area contributed by atoms with Gasteiger partial charge in [0.15, 0.2) is 23.9 Å². The number of aliphatic hydroxyl groups is 1. The normalized spacial score (nSPS) is 18.3. The molecule has 3 aromatic carbocycles. The molecule has 0 saturated carbocycles. The Morgan fingerprint density at radius 3 is 2.26 bits per heavy atom. The van der Waals surface area contributed by atoms with E-state index in [1.54, 1.807) is 43.3 Å². The fourth-order valence-corrected chi connectivity index (χ4v) is 5.70. The third-order valence-electron chi connectivity index (χ3n) is 7.69. The molecule has 5 rings (SSSR count). The maximum Gasteiger partial charge on any atom is 0.344 e. The summed E-state index contributed by atoms with van der Waals surface area (Å²) in [5.41, 5.74) is 0.772. The summed E-state index contributed by atoms with van der Waals surface area (Å²) in [7, 11) is 2.89. The third-order valence-corrected chi connectivity index (χ3v) is 7.69. The lowest BCUT2D eigenvalue weighted by Crippen LogP contribution is -2.43. The molecular weight excluding hydrogens is 596 g/mol. The highest BCUT2D eigenvalue weighted by Crippen LogP contribution is 2.57. The standard InChI is InChI=1S/C35H36O11/c1-6-42-26-14-12-24(13-15-26)35(38)29(18-31(36)46-35)34(30-19-41-21-45-30,23-10-8-22(3)9-11-23)25-16-27(39-4)33(40-5)28(17-25)44-20-32(37)43-7-2/h8-19,38H,6-7,20-21H2,1-5H3. The predicted molar refractivity (Wildman–Crippen MR) is 164 cm³/mol. The van der Waals surface area contributed by atoms with Crippen LogP contribution in [-0.4, -0.2) is 57.9 Å². The minimum Gasteiger partial charge on any atom is -0.494 e. The van der Waals surface area contributed by atoms with Gasteiger partial charge in [-0.1, -0.05) is 29.8 Å². The van der Waals surface area contributed by atoms with Crippen LogP contribution < -0.4 is 18.9 Å². The molecule has 2 heterocycles. The molecule has 0 bridgehead atoms. The van der Waals surface area contributed by atoms with E-state index in [9.17, 15) is 14.7 Å². The number of carbonyl (C=O) groups is 2. The van der Waals surface area contributed by atoms with Crippen molar-refractivity contribution >= 4 is 11.9 Å². The molecule has 2 atom stereocenters. The van der Waals surface area contributed by atoms with E-state index >= 15 is 0 Å². The van der Waals surface area contributed by atoms with Crippen LogP contribution >= 0.6 is 0 Å². The van der Waals surface area contributed by atoms with Crippen LogP contribution in [0.3, 0.4) is 0 Å². The van der Waals surface area contributed by atoms with Gasteiger partial charge < -0.3 is 43.0 Å².